The van der Waals surface area contributed by atoms with E-state index in [-0.39, 0.29) is 0 Å². The number of rotatable bonds is 10. The molecule has 110 valence electrons. The highest BCUT2D eigenvalue weighted by molar-refractivity contribution is 4.65. The van der Waals surface area contributed by atoms with Crippen LogP contribution in [0.1, 0.15) is 65.7 Å². The minimum Gasteiger partial charge on any atom is -0.381 e. The summed E-state index contributed by atoms with van der Waals surface area (Å²) in [6.45, 7) is 8.16. The van der Waals surface area contributed by atoms with Crippen LogP contribution in [0.15, 0.2) is 0 Å². The highest BCUT2D eigenvalue weighted by Gasteiger charge is 2.12. The zero-order valence-corrected chi connectivity index (χ0v) is 13.6. The van der Waals surface area contributed by atoms with E-state index in [1.807, 2.05) is 7.11 Å². The summed E-state index contributed by atoms with van der Waals surface area (Å²) >= 11 is 0. The Morgan fingerprint density at radius 1 is 0.944 bits per heavy atom. The molecule has 0 aromatic carbocycles. The zero-order valence-electron chi connectivity index (χ0n) is 13.6. The predicted octanol–water partition coefficient (Wildman–Crippen LogP) is 4.34. The zero-order chi connectivity index (χ0) is 14.0. The number of hydrogen-bond acceptors (Lipinski definition) is 2. The molecular formula is C16H35NO. The summed E-state index contributed by atoms with van der Waals surface area (Å²) in [5, 5.41) is 0. The molecule has 0 saturated carbocycles. The van der Waals surface area contributed by atoms with Crippen molar-refractivity contribution in [2.75, 3.05) is 27.7 Å². The fourth-order valence-corrected chi connectivity index (χ4v) is 2.22. The van der Waals surface area contributed by atoms with Gasteiger partial charge in [-0.25, -0.2) is 0 Å². The molecule has 1 atom stereocenters. The third kappa shape index (κ3) is 12.4. The summed E-state index contributed by atoms with van der Waals surface area (Å²) in [6.07, 6.45) is 9.47. The van der Waals surface area contributed by atoms with Crippen LogP contribution in [-0.2, 0) is 4.74 Å². The topological polar surface area (TPSA) is 12.5 Å². The van der Waals surface area contributed by atoms with Gasteiger partial charge in [-0.3, -0.25) is 0 Å². The Hall–Kier alpha value is -0.0800. The van der Waals surface area contributed by atoms with Gasteiger partial charge in [-0.05, 0) is 51.7 Å². The number of ether oxygens (including phenoxy) is 1. The van der Waals surface area contributed by atoms with E-state index in [2.05, 4.69) is 39.8 Å². The molecule has 0 aliphatic rings. The van der Waals surface area contributed by atoms with Crippen molar-refractivity contribution in [3.05, 3.63) is 0 Å². The van der Waals surface area contributed by atoms with Gasteiger partial charge in [-0.1, -0.05) is 40.0 Å². The first-order chi connectivity index (χ1) is 8.35. The van der Waals surface area contributed by atoms with Crippen LogP contribution in [0.25, 0.3) is 0 Å². The monoisotopic (exact) mass is 257 g/mol. The van der Waals surface area contributed by atoms with Gasteiger partial charge in [0.1, 0.15) is 0 Å². The maximum absolute atomic E-state index is 5.58. The van der Waals surface area contributed by atoms with E-state index in [1.165, 1.54) is 51.5 Å². The fraction of sp³-hybridized carbons (Fsp3) is 1.00. The molecule has 0 rings (SSSR count). The maximum atomic E-state index is 5.58. The van der Waals surface area contributed by atoms with E-state index in [0.717, 1.165) is 0 Å². The molecule has 0 bridgehead atoms. The van der Waals surface area contributed by atoms with E-state index >= 15 is 0 Å². The van der Waals surface area contributed by atoms with Crippen molar-refractivity contribution >= 4 is 0 Å². The second-order valence-electron chi connectivity index (χ2n) is 6.96. The van der Waals surface area contributed by atoms with Crippen LogP contribution in [0.3, 0.4) is 0 Å². The lowest BCUT2D eigenvalue weighted by atomic mass is 9.89. The quantitative estimate of drug-likeness (QED) is 0.540. The van der Waals surface area contributed by atoms with E-state index in [0.29, 0.717) is 11.5 Å². The van der Waals surface area contributed by atoms with Crippen molar-refractivity contribution in [2.45, 2.75) is 71.8 Å². The number of hydrogen-bond donors (Lipinski definition) is 0. The van der Waals surface area contributed by atoms with Crippen LogP contribution in [0.5, 0.6) is 0 Å². The fourth-order valence-electron chi connectivity index (χ4n) is 2.22. The van der Waals surface area contributed by atoms with Crippen LogP contribution >= 0.6 is 0 Å². The summed E-state index contributed by atoms with van der Waals surface area (Å²) < 4.78 is 5.58. The Morgan fingerprint density at radius 3 is 2.06 bits per heavy atom. The van der Waals surface area contributed by atoms with Crippen LogP contribution in [0.4, 0.5) is 0 Å². The first-order valence-electron chi connectivity index (χ1n) is 7.52. The molecule has 0 aromatic heterocycles. The molecule has 0 aliphatic heterocycles. The molecular weight excluding hydrogens is 222 g/mol. The summed E-state index contributed by atoms with van der Waals surface area (Å²) in [5.41, 5.74) is 0.462. The van der Waals surface area contributed by atoms with Crippen molar-refractivity contribution in [1.82, 2.24) is 4.90 Å². The van der Waals surface area contributed by atoms with E-state index in [9.17, 15) is 0 Å². The van der Waals surface area contributed by atoms with Crippen molar-refractivity contribution in [3.8, 4) is 0 Å². The van der Waals surface area contributed by atoms with Gasteiger partial charge in [-0.2, -0.15) is 0 Å². The SMILES string of the molecule is CO[C@@H](CCCCCN(C)C)CCCC(C)(C)C. The average Bonchev–Trinajstić information content (AvgIpc) is 2.24. The Morgan fingerprint density at radius 2 is 1.56 bits per heavy atom. The molecule has 0 spiro atoms. The van der Waals surface area contributed by atoms with Gasteiger partial charge in [0.25, 0.3) is 0 Å². The van der Waals surface area contributed by atoms with Gasteiger partial charge in [0, 0.05) is 7.11 Å². The van der Waals surface area contributed by atoms with Gasteiger partial charge in [0.2, 0.25) is 0 Å². The van der Waals surface area contributed by atoms with Gasteiger partial charge < -0.3 is 9.64 Å². The van der Waals surface area contributed by atoms with Crippen LogP contribution in [0, 0.1) is 5.41 Å². The highest BCUT2D eigenvalue weighted by atomic mass is 16.5. The molecule has 2 nitrogen and oxygen atoms in total. The standard InChI is InChI=1S/C16H35NO/c1-16(2,3)13-10-12-15(18-6)11-8-7-9-14-17(4)5/h15H,7-14H2,1-6H3/t15-/m0/s1. The lowest BCUT2D eigenvalue weighted by molar-refractivity contribution is 0.0808. The Bertz CT molecular complexity index is 184. The Kier molecular flexibility index (Phi) is 9.76. The molecule has 0 saturated heterocycles. The normalized spacial score (nSPS) is 14.2. The summed E-state index contributed by atoms with van der Waals surface area (Å²) in [5.74, 6) is 0. The van der Waals surface area contributed by atoms with Crippen molar-refractivity contribution < 1.29 is 4.74 Å². The predicted molar refractivity (Wildman–Crippen MR) is 81.1 cm³/mol. The number of unbranched alkanes of at least 4 members (excludes halogenated alkanes) is 2. The highest BCUT2D eigenvalue weighted by Crippen LogP contribution is 2.23. The first-order valence-corrected chi connectivity index (χ1v) is 7.52. The third-order valence-corrected chi connectivity index (χ3v) is 3.42. The third-order valence-electron chi connectivity index (χ3n) is 3.42. The first kappa shape index (κ1) is 17.9. The van der Waals surface area contributed by atoms with Crippen molar-refractivity contribution in [1.29, 1.82) is 0 Å². The largest absolute Gasteiger partial charge is 0.381 e. The molecule has 0 heterocycles. The molecule has 0 unspecified atom stereocenters. The van der Waals surface area contributed by atoms with Gasteiger partial charge in [0.05, 0.1) is 6.10 Å². The van der Waals surface area contributed by atoms with E-state index in [4.69, 9.17) is 4.74 Å². The average molecular weight is 257 g/mol. The van der Waals surface area contributed by atoms with Gasteiger partial charge in [0.15, 0.2) is 0 Å². The summed E-state index contributed by atoms with van der Waals surface area (Å²) in [4.78, 5) is 2.26. The van der Waals surface area contributed by atoms with Crippen molar-refractivity contribution in [2.24, 2.45) is 5.41 Å². The molecule has 0 N–H and O–H groups in total. The second-order valence-corrected chi connectivity index (χ2v) is 6.96. The smallest absolute Gasteiger partial charge is 0.0571 e. The lowest BCUT2D eigenvalue weighted by Gasteiger charge is -2.20. The van der Waals surface area contributed by atoms with E-state index in [1.54, 1.807) is 0 Å². The maximum Gasteiger partial charge on any atom is 0.0571 e. The molecule has 0 fully saturated rings. The minimum absolute atomic E-state index is 0.462. The molecule has 0 radical (unpaired) electrons. The van der Waals surface area contributed by atoms with Gasteiger partial charge >= 0.3 is 0 Å². The summed E-state index contributed by atoms with van der Waals surface area (Å²) in [6, 6.07) is 0. The summed E-state index contributed by atoms with van der Waals surface area (Å²) in [7, 11) is 6.15. The van der Waals surface area contributed by atoms with Crippen LogP contribution in [0.2, 0.25) is 0 Å². The molecule has 0 amide bonds. The molecule has 0 aromatic rings. The van der Waals surface area contributed by atoms with Crippen molar-refractivity contribution in [3.63, 3.8) is 0 Å². The number of methoxy groups -OCH3 is 1. The lowest BCUT2D eigenvalue weighted by Crippen LogP contribution is -2.14. The molecule has 0 aliphatic carbocycles. The van der Waals surface area contributed by atoms with Crippen LogP contribution in [-0.4, -0.2) is 38.8 Å². The van der Waals surface area contributed by atoms with Gasteiger partial charge in [-0.15, -0.1) is 0 Å². The second kappa shape index (κ2) is 9.80. The van der Waals surface area contributed by atoms with Crippen LogP contribution < -0.4 is 0 Å². The molecule has 2 heteroatoms. The Balaban J connectivity index is 3.52. The van der Waals surface area contributed by atoms with E-state index < -0.39 is 0 Å². The molecule has 18 heavy (non-hydrogen) atoms. The number of nitrogens with zero attached hydrogens (tertiary/aromatic N) is 1. The Labute approximate surface area is 115 Å². The minimum atomic E-state index is 0.462.